The van der Waals surface area contributed by atoms with Gasteiger partial charge in [0.05, 0.1) is 11.3 Å². The number of aromatic carboxylic acids is 1. The van der Waals surface area contributed by atoms with E-state index in [0.29, 0.717) is 10.9 Å². The first kappa shape index (κ1) is 23.2. The van der Waals surface area contributed by atoms with Crippen molar-refractivity contribution < 1.29 is 14.6 Å². The molecule has 0 bridgehead atoms. The van der Waals surface area contributed by atoms with Gasteiger partial charge in [-0.15, -0.1) is 0 Å². The van der Waals surface area contributed by atoms with Crippen molar-refractivity contribution in [3.05, 3.63) is 57.6 Å². The first-order valence-electron chi connectivity index (χ1n) is 11.3. The van der Waals surface area contributed by atoms with Crippen LogP contribution in [-0.4, -0.2) is 54.8 Å². The van der Waals surface area contributed by atoms with E-state index in [1.54, 1.807) is 12.1 Å². The lowest BCUT2D eigenvalue weighted by atomic mass is 9.94. The number of anilines is 1. The molecule has 0 atom stereocenters. The number of rotatable bonds is 6. The lowest BCUT2D eigenvalue weighted by Gasteiger charge is -2.38. The number of nitrogens with zero attached hydrogens (tertiary/aromatic N) is 2. The number of benzene rings is 2. The van der Waals surface area contributed by atoms with E-state index in [2.05, 4.69) is 9.80 Å². The van der Waals surface area contributed by atoms with Gasteiger partial charge in [-0.1, -0.05) is 23.2 Å². The van der Waals surface area contributed by atoms with E-state index in [9.17, 15) is 9.90 Å². The van der Waals surface area contributed by atoms with Gasteiger partial charge in [0.2, 0.25) is 0 Å². The molecule has 0 radical (unpaired) electrons. The van der Waals surface area contributed by atoms with Gasteiger partial charge in [0, 0.05) is 42.8 Å². The Morgan fingerprint density at radius 2 is 1.66 bits per heavy atom. The maximum Gasteiger partial charge on any atom is 0.337 e. The highest BCUT2D eigenvalue weighted by Gasteiger charge is 2.27. The molecule has 2 aromatic rings. The van der Waals surface area contributed by atoms with Gasteiger partial charge in [-0.05, 0) is 80.5 Å². The zero-order valence-electron chi connectivity index (χ0n) is 18.4. The molecule has 5 nitrogen and oxygen atoms in total. The first-order chi connectivity index (χ1) is 15.4. The van der Waals surface area contributed by atoms with Crippen LogP contribution in [0.1, 0.15) is 41.6 Å². The van der Waals surface area contributed by atoms with Crippen LogP contribution in [0, 0.1) is 12.8 Å². The number of carbonyl (C=O) groups is 1. The molecule has 0 aromatic heterocycles. The highest BCUT2D eigenvalue weighted by Crippen LogP contribution is 2.30. The zero-order chi connectivity index (χ0) is 22.7. The third kappa shape index (κ3) is 5.69. The second-order valence-corrected chi connectivity index (χ2v) is 9.80. The molecule has 0 saturated carbocycles. The Balaban J connectivity index is 1.24. The van der Waals surface area contributed by atoms with E-state index in [1.807, 2.05) is 31.2 Å². The van der Waals surface area contributed by atoms with Gasteiger partial charge in [0.1, 0.15) is 11.9 Å². The lowest BCUT2D eigenvalue weighted by Crippen LogP contribution is -2.43. The summed E-state index contributed by atoms with van der Waals surface area (Å²) in [5.74, 6) is 0.648. The third-order valence-corrected chi connectivity index (χ3v) is 7.10. The van der Waals surface area contributed by atoms with Gasteiger partial charge in [-0.2, -0.15) is 0 Å². The Bertz CT molecular complexity index is 952. The molecule has 0 unspecified atom stereocenters. The molecule has 4 rings (SSSR count). The van der Waals surface area contributed by atoms with Crippen LogP contribution in [0.25, 0.3) is 0 Å². The maximum atomic E-state index is 11.6. The van der Waals surface area contributed by atoms with Crippen molar-refractivity contribution in [3.63, 3.8) is 0 Å². The minimum Gasteiger partial charge on any atom is -0.490 e. The largest absolute Gasteiger partial charge is 0.490 e. The van der Waals surface area contributed by atoms with Crippen molar-refractivity contribution >= 4 is 34.9 Å². The molecule has 2 fully saturated rings. The predicted octanol–water partition coefficient (Wildman–Crippen LogP) is 5.76. The van der Waals surface area contributed by atoms with Gasteiger partial charge in [0.15, 0.2) is 0 Å². The molecule has 2 aromatic carbocycles. The number of aryl methyl sites for hydroxylation is 1. The highest BCUT2D eigenvalue weighted by molar-refractivity contribution is 6.31. The van der Waals surface area contributed by atoms with Gasteiger partial charge < -0.3 is 19.6 Å². The van der Waals surface area contributed by atoms with Crippen molar-refractivity contribution in [3.8, 4) is 5.75 Å². The van der Waals surface area contributed by atoms with Crippen molar-refractivity contribution in [2.24, 2.45) is 5.92 Å². The van der Waals surface area contributed by atoms with Crippen molar-refractivity contribution in [1.29, 1.82) is 0 Å². The number of carboxylic acid groups (broad SMARTS) is 1. The minimum atomic E-state index is -0.927. The maximum absolute atomic E-state index is 11.6. The summed E-state index contributed by atoms with van der Waals surface area (Å²) < 4.78 is 6.23. The first-order valence-corrected chi connectivity index (χ1v) is 12.1. The molecule has 2 aliphatic heterocycles. The monoisotopic (exact) mass is 476 g/mol. The third-order valence-electron chi connectivity index (χ3n) is 6.63. The highest BCUT2D eigenvalue weighted by atomic mass is 35.5. The zero-order valence-corrected chi connectivity index (χ0v) is 19.9. The molecule has 0 aliphatic carbocycles. The number of ether oxygens (including phenoxy) is 1. The average molecular weight is 477 g/mol. The number of likely N-dealkylation sites (tertiary alicyclic amines) is 1. The van der Waals surface area contributed by atoms with E-state index >= 15 is 0 Å². The SMILES string of the molecule is Cc1cc(Cl)ccc1OC1CCN(CC2CCN(c3ccc(Cl)cc3C(=O)O)CC2)CC1. The molecule has 0 spiro atoms. The molecule has 2 saturated heterocycles. The summed E-state index contributed by atoms with van der Waals surface area (Å²) in [5, 5.41) is 10.7. The van der Waals surface area contributed by atoms with Gasteiger partial charge in [-0.25, -0.2) is 4.79 Å². The molecule has 0 amide bonds. The summed E-state index contributed by atoms with van der Waals surface area (Å²) in [5.41, 5.74) is 2.14. The van der Waals surface area contributed by atoms with E-state index in [-0.39, 0.29) is 11.7 Å². The van der Waals surface area contributed by atoms with E-state index < -0.39 is 5.97 Å². The Labute approximate surface area is 199 Å². The number of carboxylic acids is 1. The quantitative estimate of drug-likeness (QED) is 0.574. The Kier molecular flexibility index (Phi) is 7.49. The van der Waals surface area contributed by atoms with E-state index in [0.717, 1.165) is 80.4 Å². The van der Waals surface area contributed by atoms with Crippen LogP contribution in [0.4, 0.5) is 5.69 Å². The Morgan fingerprint density at radius 3 is 2.31 bits per heavy atom. The van der Waals surface area contributed by atoms with Gasteiger partial charge in [0.25, 0.3) is 0 Å². The van der Waals surface area contributed by atoms with Crippen LogP contribution in [0.3, 0.4) is 0 Å². The second kappa shape index (κ2) is 10.3. The number of halogens is 2. The standard InChI is InChI=1S/C25H30Cl2N2O3/c1-17-14-19(26)3-5-24(17)32-21-8-10-28(11-9-21)16-18-6-12-29(13-7-18)23-4-2-20(27)15-22(23)25(30)31/h2-5,14-15,18,21H,6-13,16H2,1H3,(H,30,31). The topological polar surface area (TPSA) is 53.0 Å². The molecule has 7 heteroatoms. The van der Waals surface area contributed by atoms with E-state index in [4.69, 9.17) is 27.9 Å². The molecule has 2 heterocycles. The van der Waals surface area contributed by atoms with Crippen LogP contribution in [0.2, 0.25) is 10.0 Å². The summed E-state index contributed by atoms with van der Waals surface area (Å²) in [6.45, 7) is 7.00. The summed E-state index contributed by atoms with van der Waals surface area (Å²) in [6, 6.07) is 10.9. The Morgan fingerprint density at radius 1 is 1.00 bits per heavy atom. The van der Waals surface area contributed by atoms with Crippen LogP contribution < -0.4 is 9.64 Å². The van der Waals surface area contributed by atoms with Crippen molar-refractivity contribution in [1.82, 2.24) is 4.90 Å². The number of hydrogen-bond donors (Lipinski definition) is 1. The number of piperidine rings is 2. The second-order valence-electron chi connectivity index (χ2n) is 8.92. The smallest absolute Gasteiger partial charge is 0.337 e. The normalized spacial score (nSPS) is 18.7. The summed E-state index contributed by atoms with van der Waals surface area (Å²) in [4.78, 5) is 16.4. The summed E-state index contributed by atoms with van der Waals surface area (Å²) in [7, 11) is 0. The Hall–Kier alpha value is -1.95. The fraction of sp³-hybridized carbons (Fsp3) is 0.480. The van der Waals surface area contributed by atoms with Crippen molar-refractivity contribution in [2.45, 2.75) is 38.7 Å². The molecular weight excluding hydrogens is 447 g/mol. The molecule has 172 valence electrons. The van der Waals surface area contributed by atoms with Crippen LogP contribution in [0.15, 0.2) is 36.4 Å². The molecule has 1 N–H and O–H groups in total. The molecule has 2 aliphatic rings. The molecule has 32 heavy (non-hydrogen) atoms. The lowest BCUT2D eigenvalue weighted by molar-refractivity contribution is 0.0697. The summed E-state index contributed by atoms with van der Waals surface area (Å²) >= 11 is 12.0. The van der Waals surface area contributed by atoms with Crippen LogP contribution in [0.5, 0.6) is 5.75 Å². The predicted molar refractivity (Wildman–Crippen MR) is 130 cm³/mol. The van der Waals surface area contributed by atoms with Gasteiger partial charge >= 0.3 is 5.97 Å². The fourth-order valence-electron chi connectivity index (χ4n) is 4.81. The summed E-state index contributed by atoms with van der Waals surface area (Å²) in [6.07, 6.45) is 4.47. The minimum absolute atomic E-state index is 0.257. The molecular formula is C25H30Cl2N2O3. The van der Waals surface area contributed by atoms with E-state index in [1.165, 1.54) is 0 Å². The van der Waals surface area contributed by atoms with Crippen LogP contribution >= 0.6 is 23.2 Å². The number of hydrogen-bond acceptors (Lipinski definition) is 4. The average Bonchev–Trinajstić information content (AvgIpc) is 2.77. The van der Waals surface area contributed by atoms with Crippen LogP contribution in [-0.2, 0) is 0 Å². The fourth-order valence-corrected chi connectivity index (χ4v) is 5.21. The van der Waals surface area contributed by atoms with Crippen molar-refractivity contribution in [2.75, 3.05) is 37.6 Å². The van der Waals surface area contributed by atoms with Gasteiger partial charge in [-0.3, -0.25) is 0 Å².